The third kappa shape index (κ3) is 2.59. The Hall–Kier alpha value is -1.12. The highest BCUT2D eigenvalue weighted by molar-refractivity contribution is 7.09. The van der Waals surface area contributed by atoms with Crippen LogP contribution in [-0.4, -0.2) is 11.7 Å². The molecule has 1 aromatic heterocycles. The molecule has 1 N–H and O–H groups in total. The van der Waals surface area contributed by atoms with Gasteiger partial charge in [-0.2, -0.15) is 0 Å². The molecular formula is C15H18OS. The topological polar surface area (TPSA) is 20.2 Å². The van der Waals surface area contributed by atoms with Crippen molar-refractivity contribution in [3.05, 3.63) is 58.3 Å². The Bertz CT molecular complexity index is 429. The summed E-state index contributed by atoms with van der Waals surface area (Å²) >= 11 is 1.76. The van der Waals surface area contributed by atoms with Gasteiger partial charge in [0.05, 0.1) is 6.61 Å². The van der Waals surface area contributed by atoms with Crippen LogP contribution in [0.4, 0.5) is 0 Å². The van der Waals surface area contributed by atoms with Crippen molar-refractivity contribution in [3.63, 3.8) is 0 Å². The smallest absolute Gasteiger partial charge is 0.0531 e. The quantitative estimate of drug-likeness (QED) is 0.854. The molecule has 0 saturated heterocycles. The maximum Gasteiger partial charge on any atom is 0.0531 e. The van der Waals surface area contributed by atoms with E-state index in [4.69, 9.17) is 0 Å². The van der Waals surface area contributed by atoms with Gasteiger partial charge in [0.2, 0.25) is 0 Å². The van der Waals surface area contributed by atoms with Crippen molar-refractivity contribution >= 4 is 11.3 Å². The standard InChI is InChI=1S/C15H18OS/c1-2-15(12-16,11-14-9-6-10-17-14)13-7-4-3-5-8-13/h3-10,16H,2,11-12H2,1H3. The summed E-state index contributed by atoms with van der Waals surface area (Å²) in [6, 6.07) is 14.6. The minimum Gasteiger partial charge on any atom is -0.395 e. The second-order valence-corrected chi connectivity index (χ2v) is 5.45. The lowest BCUT2D eigenvalue weighted by molar-refractivity contribution is 0.187. The summed E-state index contributed by atoms with van der Waals surface area (Å²) in [4.78, 5) is 1.34. The van der Waals surface area contributed by atoms with Gasteiger partial charge in [0, 0.05) is 10.3 Å². The summed E-state index contributed by atoms with van der Waals surface area (Å²) in [5.74, 6) is 0. The predicted octanol–water partition coefficient (Wildman–Crippen LogP) is 3.63. The number of thiophene rings is 1. The number of hydrogen-bond acceptors (Lipinski definition) is 2. The molecule has 0 radical (unpaired) electrons. The first kappa shape index (κ1) is 12.3. The third-order valence-corrected chi connectivity index (χ3v) is 4.33. The van der Waals surface area contributed by atoms with E-state index in [1.807, 2.05) is 18.2 Å². The van der Waals surface area contributed by atoms with Crippen molar-refractivity contribution in [2.24, 2.45) is 0 Å². The maximum absolute atomic E-state index is 9.83. The van der Waals surface area contributed by atoms with E-state index in [2.05, 4.69) is 36.6 Å². The predicted molar refractivity (Wildman–Crippen MR) is 73.5 cm³/mol. The molecule has 1 aromatic carbocycles. The average molecular weight is 246 g/mol. The number of benzene rings is 1. The highest BCUT2D eigenvalue weighted by Crippen LogP contribution is 2.32. The van der Waals surface area contributed by atoms with Gasteiger partial charge in [0.25, 0.3) is 0 Å². The van der Waals surface area contributed by atoms with Crippen molar-refractivity contribution in [1.29, 1.82) is 0 Å². The monoisotopic (exact) mass is 246 g/mol. The molecule has 17 heavy (non-hydrogen) atoms. The highest BCUT2D eigenvalue weighted by Gasteiger charge is 2.30. The summed E-state index contributed by atoms with van der Waals surface area (Å²) in [5, 5.41) is 11.9. The first-order valence-electron chi connectivity index (χ1n) is 5.99. The van der Waals surface area contributed by atoms with Crippen LogP contribution in [0.1, 0.15) is 23.8 Å². The van der Waals surface area contributed by atoms with E-state index in [1.165, 1.54) is 10.4 Å². The van der Waals surface area contributed by atoms with Crippen molar-refractivity contribution < 1.29 is 5.11 Å². The van der Waals surface area contributed by atoms with Gasteiger partial charge in [-0.25, -0.2) is 0 Å². The van der Waals surface area contributed by atoms with Gasteiger partial charge in [-0.1, -0.05) is 43.3 Å². The lowest BCUT2D eigenvalue weighted by atomic mass is 9.76. The number of hydrogen-bond donors (Lipinski definition) is 1. The third-order valence-electron chi connectivity index (χ3n) is 3.46. The van der Waals surface area contributed by atoms with Crippen LogP contribution in [0.5, 0.6) is 0 Å². The normalized spacial score (nSPS) is 14.5. The van der Waals surface area contributed by atoms with Gasteiger partial charge in [0.1, 0.15) is 0 Å². The Morgan fingerprint density at radius 1 is 1.12 bits per heavy atom. The Balaban J connectivity index is 2.32. The lowest BCUT2D eigenvalue weighted by Crippen LogP contribution is -2.32. The first-order chi connectivity index (χ1) is 8.30. The number of rotatable bonds is 5. The Morgan fingerprint density at radius 2 is 1.88 bits per heavy atom. The van der Waals surface area contributed by atoms with Crippen molar-refractivity contribution in [1.82, 2.24) is 0 Å². The van der Waals surface area contributed by atoms with E-state index in [0.29, 0.717) is 0 Å². The van der Waals surface area contributed by atoms with Crippen LogP contribution in [0.15, 0.2) is 47.8 Å². The van der Waals surface area contributed by atoms with Crippen molar-refractivity contribution in [2.75, 3.05) is 6.61 Å². The summed E-state index contributed by atoms with van der Waals surface area (Å²) < 4.78 is 0. The van der Waals surface area contributed by atoms with Gasteiger partial charge in [-0.3, -0.25) is 0 Å². The molecule has 2 aromatic rings. The molecule has 0 amide bonds. The van der Waals surface area contributed by atoms with Crippen LogP contribution in [0, 0.1) is 0 Å². The second kappa shape index (κ2) is 5.48. The van der Waals surface area contributed by atoms with Crippen molar-refractivity contribution in [2.45, 2.75) is 25.2 Å². The van der Waals surface area contributed by atoms with E-state index in [1.54, 1.807) is 11.3 Å². The first-order valence-corrected chi connectivity index (χ1v) is 6.87. The van der Waals surface area contributed by atoms with Crippen LogP contribution in [-0.2, 0) is 11.8 Å². The maximum atomic E-state index is 9.83. The molecule has 2 heteroatoms. The molecule has 0 saturated carbocycles. The van der Waals surface area contributed by atoms with E-state index in [0.717, 1.165) is 12.8 Å². The highest BCUT2D eigenvalue weighted by atomic mass is 32.1. The van der Waals surface area contributed by atoms with E-state index >= 15 is 0 Å². The molecule has 1 unspecified atom stereocenters. The molecule has 1 nitrogen and oxygen atoms in total. The zero-order chi connectivity index (χ0) is 12.1. The van der Waals surface area contributed by atoms with Crippen LogP contribution in [0.2, 0.25) is 0 Å². The zero-order valence-electron chi connectivity index (χ0n) is 10.1. The number of aliphatic hydroxyl groups excluding tert-OH is 1. The summed E-state index contributed by atoms with van der Waals surface area (Å²) in [7, 11) is 0. The molecule has 0 spiro atoms. The summed E-state index contributed by atoms with van der Waals surface area (Å²) in [6.45, 7) is 2.35. The van der Waals surface area contributed by atoms with Gasteiger partial charge in [-0.05, 0) is 29.9 Å². The molecule has 0 bridgehead atoms. The van der Waals surface area contributed by atoms with Gasteiger partial charge in [0.15, 0.2) is 0 Å². The molecule has 0 aliphatic carbocycles. The van der Waals surface area contributed by atoms with Gasteiger partial charge in [-0.15, -0.1) is 11.3 Å². The average Bonchev–Trinajstić information content (AvgIpc) is 2.90. The van der Waals surface area contributed by atoms with Crippen molar-refractivity contribution in [3.8, 4) is 0 Å². The molecule has 0 aliphatic heterocycles. The molecule has 90 valence electrons. The zero-order valence-corrected chi connectivity index (χ0v) is 10.9. The van der Waals surface area contributed by atoms with Crippen LogP contribution in [0.25, 0.3) is 0 Å². The van der Waals surface area contributed by atoms with E-state index in [9.17, 15) is 5.11 Å². The molecular weight excluding hydrogens is 228 g/mol. The fourth-order valence-corrected chi connectivity index (χ4v) is 3.08. The lowest BCUT2D eigenvalue weighted by Gasteiger charge is -2.31. The summed E-state index contributed by atoms with van der Waals surface area (Å²) in [5.41, 5.74) is 1.10. The van der Waals surface area contributed by atoms with Crippen LogP contribution >= 0.6 is 11.3 Å². The Morgan fingerprint density at radius 3 is 2.41 bits per heavy atom. The fraction of sp³-hybridized carbons (Fsp3) is 0.333. The van der Waals surface area contributed by atoms with Crippen LogP contribution in [0.3, 0.4) is 0 Å². The molecule has 0 aliphatic rings. The molecule has 2 rings (SSSR count). The summed E-state index contributed by atoms with van der Waals surface area (Å²) in [6.07, 6.45) is 1.87. The van der Waals surface area contributed by atoms with Gasteiger partial charge < -0.3 is 5.11 Å². The minimum absolute atomic E-state index is 0.133. The minimum atomic E-state index is -0.133. The van der Waals surface area contributed by atoms with Gasteiger partial charge >= 0.3 is 0 Å². The van der Waals surface area contributed by atoms with E-state index in [-0.39, 0.29) is 12.0 Å². The molecule has 1 atom stereocenters. The molecule has 1 heterocycles. The largest absolute Gasteiger partial charge is 0.395 e. The molecule has 0 fully saturated rings. The van der Waals surface area contributed by atoms with E-state index < -0.39 is 0 Å². The number of aliphatic hydroxyl groups is 1. The SMILES string of the molecule is CCC(CO)(Cc1cccs1)c1ccccc1. The van der Waals surface area contributed by atoms with Crippen LogP contribution < -0.4 is 0 Å². The Labute approximate surface area is 107 Å². The Kier molecular flexibility index (Phi) is 3.97. The second-order valence-electron chi connectivity index (χ2n) is 4.41. The fourth-order valence-electron chi connectivity index (χ4n) is 2.23.